The van der Waals surface area contributed by atoms with Crippen molar-refractivity contribution in [2.75, 3.05) is 20.3 Å². The van der Waals surface area contributed by atoms with Gasteiger partial charge in [0, 0.05) is 18.7 Å². The summed E-state index contributed by atoms with van der Waals surface area (Å²) in [5.41, 5.74) is 0.262. The Morgan fingerprint density at radius 3 is 2.85 bits per heavy atom. The van der Waals surface area contributed by atoms with E-state index in [1.54, 1.807) is 7.11 Å². The van der Waals surface area contributed by atoms with E-state index in [-0.39, 0.29) is 12.0 Å². The molecule has 4 nitrogen and oxygen atoms in total. The van der Waals surface area contributed by atoms with Crippen molar-refractivity contribution >= 4 is 5.91 Å². The third kappa shape index (κ3) is 3.12. The minimum absolute atomic E-state index is 0.00231. The van der Waals surface area contributed by atoms with Crippen LogP contribution < -0.4 is 10.1 Å². The van der Waals surface area contributed by atoms with E-state index >= 15 is 0 Å². The van der Waals surface area contributed by atoms with Gasteiger partial charge in [-0.15, -0.1) is 0 Å². The van der Waals surface area contributed by atoms with Crippen LogP contribution in [0.1, 0.15) is 32.3 Å². The van der Waals surface area contributed by atoms with Gasteiger partial charge in [0.25, 0.3) is 0 Å². The first kappa shape index (κ1) is 14.9. The average molecular weight is 277 g/mol. The van der Waals surface area contributed by atoms with Crippen LogP contribution in [0, 0.1) is 0 Å². The van der Waals surface area contributed by atoms with Crippen LogP contribution in [0.4, 0.5) is 0 Å². The molecule has 1 aromatic rings. The summed E-state index contributed by atoms with van der Waals surface area (Å²) in [4.78, 5) is 12.5. The standard InChI is InChI=1S/C16H23NO3/c1-16(2,13-8-4-5-9-14(13)19-3)15(18)17-11-12-7-6-10-20-12/h4-5,8-9,12H,6-7,10-11H2,1-3H3,(H,17,18). The van der Waals surface area contributed by atoms with Crippen LogP contribution in [0.5, 0.6) is 5.75 Å². The average Bonchev–Trinajstić information content (AvgIpc) is 2.97. The van der Waals surface area contributed by atoms with Crippen LogP contribution >= 0.6 is 0 Å². The van der Waals surface area contributed by atoms with Gasteiger partial charge >= 0.3 is 0 Å². The van der Waals surface area contributed by atoms with E-state index < -0.39 is 5.41 Å². The van der Waals surface area contributed by atoms with Gasteiger partial charge in [-0.2, -0.15) is 0 Å². The molecular weight excluding hydrogens is 254 g/mol. The summed E-state index contributed by atoms with van der Waals surface area (Å²) in [6.45, 7) is 5.21. The number of hydrogen-bond donors (Lipinski definition) is 1. The van der Waals surface area contributed by atoms with Crippen molar-refractivity contribution < 1.29 is 14.3 Å². The zero-order chi connectivity index (χ0) is 14.6. The first-order valence-electron chi connectivity index (χ1n) is 7.09. The molecule has 1 atom stereocenters. The normalized spacial score (nSPS) is 18.9. The maximum atomic E-state index is 12.5. The number of methoxy groups -OCH3 is 1. The molecule has 1 heterocycles. The molecule has 0 aliphatic carbocycles. The Labute approximate surface area is 120 Å². The molecule has 1 N–H and O–H groups in total. The van der Waals surface area contributed by atoms with Gasteiger partial charge in [0.15, 0.2) is 0 Å². The summed E-state index contributed by atoms with van der Waals surface area (Å²) < 4.78 is 10.9. The largest absolute Gasteiger partial charge is 0.496 e. The summed E-state index contributed by atoms with van der Waals surface area (Å²) >= 11 is 0. The molecule has 2 rings (SSSR count). The van der Waals surface area contributed by atoms with Crippen molar-refractivity contribution in [1.82, 2.24) is 5.32 Å². The molecule has 1 fully saturated rings. The molecule has 0 aromatic heterocycles. The van der Waals surface area contributed by atoms with Crippen molar-refractivity contribution in [1.29, 1.82) is 0 Å². The minimum Gasteiger partial charge on any atom is -0.496 e. The van der Waals surface area contributed by atoms with E-state index in [9.17, 15) is 4.79 Å². The lowest BCUT2D eigenvalue weighted by atomic mass is 9.83. The van der Waals surface area contributed by atoms with Gasteiger partial charge in [0.05, 0.1) is 18.6 Å². The predicted molar refractivity (Wildman–Crippen MR) is 78.0 cm³/mol. The highest BCUT2D eigenvalue weighted by molar-refractivity contribution is 5.88. The van der Waals surface area contributed by atoms with Gasteiger partial charge in [0.1, 0.15) is 5.75 Å². The number of rotatable bonds is 5. The number of nitrogens with one attached hydrogen (secondary N) is 1. The highest BCUT2D eigenvalue weighted by Crippen LogP contribution is 2.31. The molecule has 1 aliphatic rings. The SMILES string of the molecule is COc1ccccc1C(C)(C)C(=O)NCC1CCCO1. The Balaban J connectivity index is 2.05. The van der Waals surface area contributed by atoms with E-state index in [4.69, 9.17) is 9.47 Å². The third-order valence-corrected chi connectivity index (χ3v) is 3.86. The second-order valence-electron chi connectivity index (χ2n) is 5.67. The smallest absolute Gasteiger partial charge is 0.230 e. The number of ether oxygens (including phenoxy) is 2. The van der Waals surface area contributed by atoms with E-state index in [0.717, 1.165) is 30.8 Å². The number of benzene rings is 1. The van der Waals surface area contributed by atoms with Gasteiger partial charge in [-0.25, -0.2) is 0 Å². The van der Waals surface area contributed by atoms with Crippen LogP contribution in [-0.2, 0) is 14.9 Å². The van der Waals surface area contributed by atoms with E-state index in [1.807, 2.05) is 38.1 Å². The molecular formula is C16H23NO3. The number of hydrogen-bond acceptors (Lipinski definition) is 3. The minimum atomic E-state index is -0.634. The van der Waals surface area contributed by atoms with Gasteiger partial charge in [0.2, 0.25) is 5.91 Å². The van der Waals surface area contributed by atoms with Crippen LogP contribution in [0.15, 0.2) is 24.3 Å². The Morgan fingerprint density at radius 1 is 1.45 bits per heavy atom. The van der Waals surface area contributed by atoms with Crippen LogP contribution in [0.2, 0.25) is 0 Å². The van der Waals surface area contributed by atoms with Gasteiger partial charge in [-0.1, -0.05) is 18.2 Å². The fourth-order valence-corrected chi connectivity index (χ4v) is 2.52. The molecule has 20 heavy (non-hydrogen) atoms. The van der Waals surface area contributed by atoms with E-state index in [1.165, 1.54) is 0 Å². The summed E-state index contributed by atoms with van der Waals surface area (Å²) in [5, 5.41) is 3.00. The maximum absolute atomic E-state index is 12.5. The lowest BCUT2D eigenvalue weighted by molar-refractivity contribution is -0.126. The van der Waals surface area contributed by atoms with Crippen LogP contribution in [-0.4, -0.2) is 32.3 Å². The number of carbonyl (C=O) groups is 1. The lowest BCUT2D eigenvalue weighted by Crippen LogP contribution is -2.43. The first-order valence-corrected chi connectivity index (χ1v) is 7.09. The highest BCUT2D eigenvalue weighted by Gasteiger charge is 2.32. The number of para-hydroxylation sites is 1. The summed E-state index contributed by atoms with van der Waals surface area (Å²) in [6.07, 6.45) is 2.26. The quantitative estimate of drug-likeness (QED) is 0.898. The summed E-state index contributed by atoms with van der Waals surface area (Å²) in [5.74, 6) is 0.738. The maximum Gasteiger partial charge on any atom is 0.230 e. The summed E-state index contributed by atoms with van der Waals surface area (Å²) in [6, 6.07) is 7.64. The van der Waals surface area contributed by atoms with Gasteiger partial charge < -0.3 is 14.8 Å². The van der Waals surface area contributed by atoms with Gasteiger partial charge in [-0.3, -0.25) is 4.79 Å². The van der Waals surface area contributed by atoms with Crippen molar-refractivity contribution in [3.63, 3.8) is 0 Å². The van der Waals surface area contributed by atoms with Crippen molar-refractivity contribution in [3.8, 4) is 5.75 Å². The fraction of sp³-hybridized carbons (Fsp3) is 0.562. The Bertz CT molecular complexity index is 465. The Morgan fingerprint density at radius 2 is 2.20 bits per heavy atom. The van der Waals surface area contributed by atoms with Crippen LogP contribution in [0.25, 0.3) is 0 Å². The van der Waals surface area contributed by atoms with Crippen molar-refractivity contribution in [3.05, 3.63) is 29.8 Å². The van der Waals surface area contributed by atoms with Gasteiger partial charge in [-0.05, 0) is 32.8 Å². The molecule has 4 heteroatoms. The van der Waals surface area contributed by atoms with Crippen molar-refractivity contribution in [2.45, 2.75) is 38.2 Å². The Hall–Kier alpha value is -1.55. The van der Waals surface area contributed by atoms with Crippen LogP contribution in [0.3, 0.4) is 0 Å². The molecule has 0 spiro atoms. The zero-order valence-electron chi connectivity index (χ0n) is 12.4. The molecule has 1 aliphatic heterocycles. The zero-order valence-corrected chi connectivity index (χ0v) is 12.4. The fourth-order valence-electron chi connectivity index (χ4n) is 2.52. The molecule has 0 bridgehead atoms. The molecule has 110 valence electrons. The second kappa shape index (κ2) is 6.27. The number of amides is 1. The molecule has 0 saturated carbocycles. The molecule has 1 aromatic carbocycles. The third-order valence-electron chi connectivity index (χ3n) is 3.86. The predicted octanol–water partition coefficient (Wildman–Crippen LogP) is 2.27. The highest BCUT2D eigenvalue weighted by atomic mass is 16.5. The van der Waals surface area contributed by atoms with E-state index in [0.29, 0.717) is 6.54 Å². The van der Waals surface area contributed by atoms with Crippen molar-refractivity contribution in [2.24, 2.45) is 0 Å². The molecule has 0 radical (unpaired) electrons. The topological polar surface area (TPSA) is 47.6 Å². The summed E-state index contributed by atoms with van der Waals surface area (Å²) in [7, 11) is 1.62. The Kier molecular flexibility index (Phi) is 4.65. The number of carbonyl (C=O) groups excluding carboxylic acids is 1. The molecule has 1 unspecified atom stereocenters. The van der Waals surface area contributed by atoms with E-state index in [2.05, 4.69) is 5.32 Å². The monoisotopic (exact) mass is 277 g/mol. The first-order chi connectivity index (χ1) is 9.55. The second-order valence-corrected chi connectivity index (χ2v) is 5.67. The molecule has 1 amide bonds. The lowest BCUT2D eigenvalue weighted by Gasteiger charge is -2.26. The molecule has 1 saturated heterocycles.